The lowest BCUT2D eigenvalue weighted by atomic mass is 10.2. The van der Waals surface area contributed by atoms with E-state index >= 15 is 0 Å². The fourth-order valence-corrected chi connectivity index (χ4v) is 3.20. The molecule has 1 aliphatic carbocycles. The second-order valence-electron chi connectivity index (χ2n) is 5.15. The Labute approximate surface area is 124 Å². The van der Waals surface area contributed by atoms with E-state index in [1.807, 2.05) is 0 Å². The van der Waals surface area contributed by atoms with Crippen molar-refractivity contribution in [3.05, 3.63) is 24.3 Å². The Bertz CT molecular complexity index is 597. The highest BCUT2D eigenvalue weighted by atomic mass is 32.2. The predicted molar refractivity (Wildman–Crippen MR) is 79.4 cm³/mol. The lowest BCUT2D eigenvalue weighted by molar-refractivity contribution is -0.116. The molecule has 0 bridgehead atoms. The van der Waals surface area contributed by atoms with Crippen LogP contribution in [0.15, 0.2) is 29.2 Å². The molecular weight excluding hydrogens is 292 g/mol. The van der Waals surface area contributed by atoms with Gasteiger partial charge >= 0.3 is 0 Å². The average Bonchev–Trinajstić information content (AvgIpc) is 3.22. The van der Waals surface area contributed by atoms with Crippen LogP contribution in [-0.2, 0) is 14.8 Å². The molecule has 0 aliphatic heterocycles. The molecule has 3 N–H and O–H groups in total. The predicted octanol–water partition coefficient (Wildman–Crippen LogP) is 1.23. The Kier molecular flexibility index (Phi) is 5.33. The number of carbonyl (C=O) groups is 1. The molecule has 6 nitrogen and oxygen atoms in total. The summed E-state index contributed by atoms with van der Waals surface area (Å²) < 4.78 is 26.8. The number of amides is 1. The Morgan fingerprint density at radius 1 is 1.29 bits per heavy atom. The van der Waals surface area contributed by atoms with E-state index < -0.39 is 10.0 Å². The zero-order valence-corrected chi connectivity index (χ0v) is 12.5. The molecular formula is C14H20N2O4S. The highest BCUT2D eigenvalue weighted by molar-refractivity contribution is 7.89. The van der Waals surface area contributed by atoms with Crippen molar-refractivity contribution in [1.29, 1.82) is 0 Å². The molecule has 0 aromatic heterocycles. The van der Waals surface area contributed by atoms with Crippen LogP contribution < -0.4 is 10.0 Å². The van der Waals surface area contributed by atoms with E-state index in [1.54, 1.807) is 12.1 Å². The number of rotatable bonds is 8. The molecule has 1 saturated carbocycles. The molecule has 1 aliphatic rings. The summed E-state index contributed by atoms with van der Waals surface area (Å²) >= 11 is 0. The van der Waals surface area contributed by atoms with Gasteiger partial charge in [0.2, 0.25) is 15.9 Å². The lowest BCUT2D eigenvalue weighted by Gasteiger charge is -2.09. The van der Waals surface area contributed by atoms with Crippen LogP contribution in [0.1, 0.15) is 32.1 Å². The van der Waals surface area contributed by atoms with E-state index in [0.717, 1.165) is 12.8 Å². The Balaban J connectivity index is 1.98. The summed E-state index contributed by atoms with van der Waals surface area (Å²) in [7, 11) is -3.51. The van der Waals surface area contributed by atoms with Crippen molar-refractivity contribution in [2.75, 3.05) is 11.9 Å². The fourth-order valence-electron chi connectivity index (χ4n) is 1.85. The summed E-state index contributed by atoms with van der Waals surface area (Å²) in [4.78, 5) is 11.8. The van der Waals surface area contributed by atoms with Crippen LogP contribution in [0, 0.1) is 0 Å². The van der Waals surface area contributed by atoms with Crippen molar-refractivity contribution in [3.8, 4) is 0 Å². The third-order valence-electron chi connectivity index (χ3n) is 3.14. The van der Waals surface area contributed by atoms with Crippen molar-refractivity contribution < 1.29 is 18.3 Å². The number of unbranched alkanes of at least 4 members (excludes halogenated alkanes) is 1. The van der Waals surface area contributed by atoms with Gasteiger partial charge < -0.3 is 10.4 Å². The molecule has 0 radical (unpaired) electrons. The van der Waals surface area contributed by atoms with Crippen LogP contribution in [0.5, 0.6) is 0 Å². The Hall–Kier alpha value is -1.44. The Morgan fingerprint density at radius 2 is 2.05 bits per heavy atom. The smallest absolute Gasteiger partial charge is 0.240 e. The number of aliphatic hydroxyl groups excluding tert-OH is 1. The maximum atomic E-state index is 12.1. The summed E-state index contributed by atoms with van der Waals surface area (Å²) in [6.45, 7) is 0.0633. The van der Waals surface area contributed by atoms with E-state index in [9.17, 15) is 13.2 Å². The minimum atomic E-state index is -3.51. The molecule has 0 spiro atoms. The van der Waals surface area contributed by atoms with Crippen LogP contribution in [-0.4, -0.2) is 32.1 Å². The number of carbonyl (C=O) groups excluding carboxylic acids is 1. The molecule has 7 heteroatoms. The van der Waals surface area contributed by atoms with Crippen LogP contribution in [0.3, 0.4) is 0 Å². The summed E-state index contributed by atoms with van der Waals surface area (Å²) in [5.41, 5.74) is 0.461. The third-order valence-corrected chi connectivity index (χ3v) is 4.66. The van der Waals surface area contributed by atoms with Gasteiger partial charge in [0.05, 0.1) is 4.90 Å². The van der Waals surface area contributed by atoms with Crippen molar-refractivity contribution in [2.24, 2.45) is 0 Å². The van der Waals surface area contributed by atoms with Gasteiger partial charge in [-0.1, -0.05) is 6.07 Å². The molecule has 1 amide bonds. The summed E-state index contributed by atoms with van der Waals surface area (Å²) in [6, 6.07) is 6.26. The second-order valence-corrected chi connectivity index (χ2v) is 6.87. The van der Waals surface area contributed by atoms with Crippen LogP contribution in [0.25, 0.3) is 0 Å². The van der Waals surface area contributed by atoms with Gasteiger partial charge in [-0.3, -0.25) is 4.79 Å². The monoisotopic (exact) mass is 312 g/mol. The first-order chi connectivity index (χ1) is 10.0. The van der Waals surface area contributed by atoms with Crippen LogP contribution in [0.4, 0.5) is 5.69 Å². The third kappa shape index (κ3) is 5.11. The standard InChI is InChI=1S/C14H20N2O4S/c17-9-2-1-6-14(18)15-12-4-3-5-13(10-12)21(19,20)16-11-7-8-11/h3-5,10-11,16-17H,1-2,6-9H2,(H,15,18). The van der Waals surface area contributed by atoms with Crippen molar-refractivity contribution in [2.45, 2.75) is 43.0 Å². The maximum absolute atomic E-state index is 12.1. The maximum Gasteiger partial charge on any atom is 0.240 e. The number of anilines is 1. The minimum Gasteiger partial charge on any atom is -0.396 e. The molecule has 0 saturated heterocycles. The summed E-state index contributed by atoms with van der Waals surface area (Å²) in [5, 5.41) is 11.3. The molecule has 2 rings (SSSR count). The summed E-state index contributed by atoms with van der Waals surface area (Å²) in [5.74, 6) is -0.187. The quantitative estimate of drug-likeness (QED) is 0.629. The van der Waals surface area contributed by atoms with Gasteiger partial charge in [0.15, 0.2) is 0 Å². The molecule has 1 aromatic rings. The molecule has 0 atom stereocenters. The molecule has 116 valence electrons. The number of aliphatic hydroxyl groups is 1. The van der Waals surface area contributed by atoms with Gasteiger partial charge in [-0.15, -0.1) is 0 Å². The number of benzene rings is 1. The van der Waals surface area contributed by atoms with E-state index in [1.165, 1.54) is 12.1 Å². The molecule has 1 fully saturated rings. The topological polar surface area (TPSA) is 95.5 Å². The number of hydrogen-bond donors (Lipinski definition) is 3. The average molecular weight is 312 g/mol. The van der Waals surface area contributed by atoms with E-state index in [-0.39, 0.29) is 23.5 Å². The zero-order chi connectivity index (χ0) is 15.3. The highest BCUT2D eigenvalue weighted by Crippen LogP contribution is 2.23. The van der Waals surface area contributed by atoms with E-state index in [4.69, 9.17) is 5.11 Å². The van der Waals surface area contributed by atoms with Gasteiger partial charge in [-0.05, 0) is 43.9 Å². The number of nitrogens with one attached hydrogen (secondary N) is 2. The summed E-state index contributed by atoms with van der Waals surface area (Å²) in [6.07, 6.45) is 3.23. The SMILES string of the molecule is O=C(CCCCO)Nc1cccc(S(=O)(=O)NC2CC2)c1. The van der Waals surface area contributed by atoms with E-state index in [2.05, 4.69) is 10.0 Å². The van der Waals surface area contributed by atoms with Crippen LogP contribution >= 0.6 is 0 Å². The van der Waals surface area contributed by atoms with Gasteiger partial charge in [-0.2, -0.15) is 0 Å². The molecule has 0 unspecified atom stereocenters. The van der Waals surface area contributed by atoms with Crippen molar-refractivity contribution in [3.63, 3.8) is 0 Å². The van der Waals surface area contributed by atoms with E-state index in [0.29, 0.717) is 24.9 Å². The van der Waals surface area contributed by atoms with Gasteiger partial charge in [0.25, 0.3) is 0 Å². The molecule has 0 heterocycles. The zero-order valence-electron chi connectivity index (χ0n) is 11.7. The van der Waals surface area contributed by atoms with Gasteiger partial charge in [0, 0.05) is 24.8 Å². The fraction of sp³-hybridized carbons (Fsp3) is 0.500. The van der Waals surface area contributed by atoms with Gasteiger partial charge in [-0.25, -0.2) is 13.1 Å². The minimum absolute atomic E-state index is 0.0479. The molecule has 21 heavy (non-hydrogen) atoms. The van der Waals surface area contributed by atoms with Crippen LogP contribution in [0.2, 0.25) is 0 Å². The number of sulfonamides is 1. The lowest BCUT2D eigenvalue weighted by Crippen LogP contribution is -2.25. The first kappa shape index (κ1) is 15.9. The first-order valence-corrected chi connectivity index (χ1v) is 8.53. The largest absolute Gasteiger partial charge is 0.396 e. The second kappa shape index (κ2) is 7.02. The van der Waals surface area contributed by atoms with Crippen molar-refractivity contribution >= 4 is 21.6 Å². The normalized spacial score (nSPS) is 14.9. The van der Waals surface area contributed by atoms with Gasteiger partial charge in [0.1, 0.15) is 0 Å². The van der Waals surface area contributed by atoms with Crippen molar-refractivity contribution in [1.82, 2.24) is 4.72 Å². The first-order valence-electron chi connectivity index (χ1n) is 7.04. The Morgan fingerprint density at radius 3 is 2.71 bits per heavy atom. The highest BCUT2D eigenvalue weighted by Gasteiger charge is 2.28. The molecule has 1 aromatic carbocycles. The number of hydrogen-bond acceptors (Lipinski definition) is 4.